The van der Waals surface area contributed by atoms with Gasteiger partial charge in [0.15, 0.2) is 0 Å². The smallest absolute Gasteiger partial charge is 0.257 e. The van der Waals surface area contributed by atoms with Crippen molar-refractivity contribution < 1.29 is 9.18 Å². The molecule has 21 heavy (non-hydrogen) atoms. The van der Waals surface area contributed by atoms with Crippen LogP contribution in [0.1, 0.15) is 29.8 Å². The molecule has 2 aromatic carbocycles. The zero-order valence-corrected chi connectivity index (χ0v) is 13.6. The van der Waals surface area contributed by atoms with Gasteiger partial charge in [-0.2, -0.15) is 0 Å². The summed E-state index contributed by atoms with van der Waals surface area (Å²) in [6.07, 6.45) is 0. The van der Waals surface area contributed by atoms with Crippen LogP contribution in [0, 0.1) is 5.82 Å². The van der Waals surface area contributed by atoms with Gasteiger partial charge in [-0.05, 0) is 37.6 Å². The van der Waals surface area contributed by atoms with Crippen molar-refractivity contribution in [1.29, 1.82) is 0 Å². The highest BCUT2D eigenvalue weighted by Crippen LogP contribution is 2.19. The van der Waals surface area contributed by atoms with Crippen LogP contribution in [-0.2, 0) is 6.54 Å². The predicted molar refractivity (Wildman–Crippen MR) is 85.6 cm³/mol. The summed E-state index contributed by atoms with van der Waals surface area (Å²) in [6, 6.07) is 14.1. The molecule has 0 spiro atoms. The van der Waals surface area contributed by atoms with Gasteiger partial charge >= 0.3 is 0 Å². The van der Waals surface area contributed by atoms with Crippen LogP contribution in [0.25, 0.3) is 0 Å². The summed E-state index contributed by atoms with van der Waals surface area (Å²) in [5.74, 6) is -0.797. The molecule has 110 valence electrons. The van der Waals surface area contributed by atoms with E-state index in [1.165, 1.54) is 12.1 Å². The van der Waals surface area contributed by atoms with E-state index >= 15 is 0 Å². The number of carbonyl (C=O) groups is 1. The van der Waals surface area contributed by atoms with Crippen LogP contribution in [-0.4, -0.2) is 16.8 Å². The highest BCUT2D eigenvalue weighted by atomic mass is 79.9. The van der Waals surface area contributed by atoms with Crippen LogP contribution >= 0.6 is 15.9 Å². The van der Waals surface area contributed by atoms with Gasteiger partial charge < -0.3 is 4.90 Å². The number of hydrogen-bond donors (Lipinski definition) is 0. The van der Waals surface area contributed by atoms with Gasteiger partial charge in [-0.3, -0.25) is 4.79 Å². The maximum Gasteiger partial charge on any atom is 0.257 e. The van der Waals surface area contributed by atoms with Gasteiger partial charge in [0, 0.05) is 17.1 Å². The fraction of sp³-hybridized carbons (Fsp3) is 0.235. The number of amides is 1. The molecule has 0 N–H and O–H groups in total. The van der Waals surface area contributed by atoms with Crippen molar-refractivity contribution in [1.82, 2.24) is 4.90 Å². The maximum atomic E-state index is 13.9. The molecule has 4 heteroatoms. The second kappa shape index (κ2) is 6.85. The van der Waals surface area contributed by atoms with Crippen molar-refractivity contribution >= 4 is 21.8 Å². The Morgan fingerprint density at radius 1 is 1.19 bits per heavy atom. The van der Waals surface area contributed by atoms with Crippen molar-refractivity contribution in [3.05, 3.63) is 69.9 Å². The van der Waals surface area contributed by atoms with Gasteiger partial charge in [-0.1, -0.05) is 46.3 Å². The third kappa shape index (κ3) is 3.91. The van der Waals surface area contributed by atoms with E-state index in [-0.39, 0.29) is 17.5 Å². The van der Waals surface area contributed by atoms with E-state index in [0.29, 0.717) is 11.0 Å². The molecule has 0 aliphatic heterocycles. The summed E-state index contributed by atoms with van der Waals surface area (Å²) >= 11 is 3.28. The fourth-order valence-corrected chi connectivity index (χ4v) is 2.45. The van der Waals surface area contributed by atoms with Gasteiger partial charge in [0.2, 0.25) is 0 Å². The van der Waals surface area contributed by atoms with Crippen LogP contribution < -0.4 is 0 Å². The average Bonchev–Trinajstić information content (AvgIpc) is 2.47. The maximum absolute atomic E-state index is 13.9. The second-order valence-electron chi connectivity index (χ2n) is 5.14. The lowest BCUT2D eigenvalue weighted by Gasteiger charge is -2.27. The Kier molecular flexibility index (Phi) is 5.12. The lowest BCUT2D eigenvalue weighted by Crippen LogP contribution is -2.36. The van der Waals surface area contributed by atoms with Crippen LogP contribution in [0.3, 0.4) is 0 Å². The normalized spacial score (nSPS) is 10.7. The minimum absolute atomic E-state index is 0.0175. The van der Waals surface area contributed by atoms with Gasteiger partial charge in [0.05, 0.1) is 5.56 Å². The molecule has 0 saturated carbocycles. The van der Waals surface area contributed by atoms with Crippen molar-refractivity contribution in [2.75, 3.05) is 0 Å². The summed E-state index contributed by atoms with van der Waals surface area (Å²) in [6.45, 7) is 4.32. The number of benzene rings is 2. The summed E-state index contributed by atoms with van der Waals surface area (Å²) in [5, 5.41) is 0. The van der Waals surface area contributed by atoms with Gasteiger partial charge in [-0.25, -0.2) is 4.39 Å². The van der Waals surface area contributed by atoms with E-state index in [1.807, 2.05) is 44.2 Å². The van der Waals surface area contributed by atoms with Crippen LogP contribution in [0.2, 0.25) is 0 Å². The first-order valence-electron chi connectivity index (χ1n) is 6.79. The number of rotatable bonds is 4. The minimum atomic E-state index is -0.498. The molecule has 0 atom stereocenters. The van der Waals surface area contributed by atoms with Gasteiger partial charge in [0.1, 0.15) is 5.82 Å². The van der Waals surface area contributed by atoms with Crippen molar-refractivity contribution in [3.63, 3.8) is 0 Å². The van der Waals surface area contributed by atoms with E-state index in [9.17, 15) is 9.18 Å². The SMILES string of the molecule is CC(C)N(Cc1ccccc1)C(=O)c1cc(Br)ccc1F. The van der Waals surface area contributed by atoms with Crippen LogP contribution in [0.15, 0.2) is 53.0 Å². The van der Waals surface area contributed by atoms with E-state index in [2.05, 4.69) is 15.9 Å². The molecule has 0 bridgehead atoms. The molecule has 0 aliphatic rings. The van der Waals surface area contributed by atoms with E-state index in [1.54, 1.807) is 11.0 Å². The molecular formula is C17H17BrFNO. The lowest BCUT2D eigenvalue weighted by atomic mass is 10.1. The molecule has 2 rings (SSSR count). The predicted octanol–water partition coefficient (Wildman–Crippen LogP) is 4.64. The largest absolute Gasteiger partial charge is 0.332 e. The Morgan fingerprint density at radius 3 is 2.48 bits per heavy atom. The monoisotopic (exact) mass is 349 g/mol. The first-order valence-corrected chi connectivity index (χ1v) is 7.58. The van der Waals surface area contributed by atoms with Gasteiger partial charge in [-0.15, -0.1) is 0 Å². The molecule has 1 amide bonds. The Hall–Kier alpha value is -1.68. The molecule has 2 nitrogen and oxygen atoms in total. The minimum Gasteiger partial charge on any atom is -0.332 e. The lowest BCUT2D eigenvalue weighted by molar-refractivity contribution is 0.0685. The average molecular weight is 350 g/mol. The van der Waals surface area contributed by atoms with E-state index in [4.69, 9.17) is 0 Å². The number of hydrogen-bond acceptors (Lipinski definition) is 1. The van der Waals surface area contributed by atoms with Gasteiger partial charge in [0.25, 0.3) is 5.91 Å². The van der Waals surface area contributed by atoms with Crippen LogP contribution in [0.4, 0.5) is 4.39 Å². The topological polar surface area (TPSA) is 20.3 Å². The molecular weight excluding hydrogens is 333 g/mol. The van der Waals surface area contributed by atoms with Crippen molar-refractivity contribution in [2.24, 2.45) is 0 Å². The summed E-state index contributed by atoms with van der Waals surface area (Å²) in [4.78, 5) is 14.3. The molecule has 0 saturated heterocycles. The Morgan fingerprint density at radius 2 is 1.86 bits per heavy atom. The second-order valence-corrected chi connectivity index (χ2v) is 6.05. The summed E-state index contributed by atoms with van der Waals surface area (Å²) in [7, 11) is 0. The molecule has 2 aromatic rings. The summed E-state index contributed by atoms with van der Waals surface area (Å²) in [5.41, 5.74) is 1.11. The molecule has 0 unspecified atom stereocenters. The first kappa shape index (κ1) is 15.7. The standard InChI is InChI=1S/C17H17BrFNO/c1-12(2)20(11-13-6-4-3-5-7-13)17(21)15-10-14(18)8-9-16(15)19/h3-10,12H,11H2,1-2H3. The number of halogens is 2. The summed E-state index contributed by atoms with van der Waals surface area (Å²) < 4.78 is 14.6. The molecule has 0 aliphatic carbocycles. The zero-order valence-electron chi connectivity index (χ0n) is 12.0. The molecule has 0 heterocycles. The third-order valence-corrected chi connectivity index (χ3v) is 3.73. The molecule has 0 aromatic heterocycles. The Labute approximate surface area is 132 Å². The quantitative estimate of drug-likeness (QED) is 0.787. The fourth-order valence-electron chi connectivity index (χ4n) is 2.09. The highest BCUT2D eigenvalue weighted by Gasteiger charge is 2.22. The number of carbonyl (C=O) groups excluding carboxylic acids is 1. The van der Waals surface area contributed by atoms with Crippen molar-refractivity contribution in [2.45, 2.75) is 26.4 Å². The highest BCUT2D eigenvalue weighted by molar-refractivity contribution is 9.10. The van der Waals surface area contributed by atoms with E-state index in [0.717, 1.165) is 5.56 Å². The molecule has 0 fully saturated rings. The van der Waals surface area contributed by atoms with Crippen LogP contribution in [0.5, 0.6) is 0 Å². The van der Waals surface area contributed by atoms with Crippen molar-refractivity contribution in [3.8, 4) is 0 Å². The Bertz CT molecular complexity index is 628. The first-order chi connectivity index (χ1) is 9.99. The Balaban J connectivity index is 2.30. The molecule has 0 radical (unpaired) electrons. The van der Waals surface area contributed by atoms with E-state index < -0.39 is 5.82 Å². The third-order valence-electron chi connectivity index (χ3n) is 3.24. The number of nitrogens with zero attached hydrogens (tertiary/aromatic N) is 1. The zero-order chi connectivity index (χ0) is 15.4.